The first kappa shape index (κ1) is 17.9. The van der Waals surface area contributed by atoms with Crippen LogP contribution >= 0.6 is 11.6 Å². The fourth-order valence-corrected chi connectivity index (χ4v) is 3.13. The first-order valence-electron chi connectivity index (χ1n) is 8.48. The van der Waals surface area contributed by atoms with E-state index < -0.39 is 11.6 Å². The summed E-state index contributed by atoms with van der Waals surface area (Å²) in [5.41, 5.74) is 2.24. The van der Waals surface area contributed by atoms with Crippen LogP contribution in [0, 0.1) is 6.92 Å². The summed E-state index contributed by atoms with van der Waals surface area (Å²) >= 11 is 5.93. The normalized spacial score (nSPS) is 10.8. The Labute approximate surface area is 165 Å². The fraction of sp³-hybridized carbons (Fsp3) is 0.0455. The lowest BCUT2D eigenvalue weighted by atomic mass is 10.00. The largest absolute Gasteiger partial charge is 0.423 e. The Morgan fingerprint density at radius 3 is 2.46 bits per heavy atom. The lowest BCUT2D eigenvalue weighted by molar-refractivity contribution is 0.0735. The SMILES string of the molecule is Cc1c(-c2ccc(Cl)cc2)c(=O)oc2cc(OC(=O)c3ccncc3)ccc12. The van der Waals surface area contributed by atoms with Gasteiger partial charge in [-0.1, -0.05) is 23.7 Å². The summed E-state index contributed by atoms with van der Waals surface area (Å²) in [5.74, 6) is -0.227. The Bertz CT molecular complexity index is 1230. The number of hydrogen-bond acceptors (Lipinski definition) is 5. The minimum atomic E-state index is -0.515. The molecule has 4 aromatic rings. The highest BCUT2D eigenvalue weighted by Crippen LogP contribution is 2.29. The number of hydrogen-bond donors (Lipinski definition) is 0. The van der Waals surface area contributed by atoms with Gasteiger partial charge in [0.05, 0.1) is 11.1 Å². The molecular formula is C22H14ClNO4. The summed E-state index contributed by atoms with van der Waals surface area (Å²) in [5, 5.41) is 1.35. The number of nitrogens with zero attached hydrogens (tertiary/aromatic N) is 1. The van der Waals surface area contributed by atoms with Crippen molar-refractivity contribution in [2.24, 2.45) is 0 Å². The average molecular weight is 392 g/mol. The predicted molar refractivity (Wildman–Crippen MR) is 107 cm³/mol. The molecule has 0 radical (unpaired) electrons. The second-order valence-corrected chi connectivity index (χ2v) is 6.62. The molecule has 28 heavy (non-hydrogen) atoms. The Balaban J connectivity index is 1.73. The van der Waals surface area contributed by atoms with Crippen molar-refractivity contribution in [3.63, 3.8) is 0 Å². The Morgan fingerprint density at radius 1 is 1.04 bits per heavy atom. The van der Waals surface area contributed by atoms with E-state index >= 15 is 0 Å². The van der Waals surface area contributed by atoms with Crippen LogP contribution in [0.3, 0.4) is 0 Å². The van der Waals surface area contributed by atoms with Gasteiger partial charge in [0.2, 0.25) is 0 Å². The summed E-state index contributed by atoms with van der Waals surface area (Å²) in [7, 11) is 0. The van der Waals surface area contributed by atoms with Crippen molar-refractivity contribution < 1.29 is 13.9 Å². The molecule has 4 rings (SSSR count). The number of pyridine rings is 1. The van der Waals surface area contributed by atoms with Gasteiger partial charge in [-0.25, -0.2) is 9.59 Å². The predicted octanol–water partition coefficient (Wildman–Crippen LogP) is 5.04. The Kier molecular flexibility index (Phi) is 4.67. The van der Waals surface area contributed by atoms with Crippen LogP contribution in [-0.2, 0) is 0 Å². The minimum Gasteiger partial charge on any atom is -0.423 e. The number of benzene rings is 2. The van der Waals surface area contributed by atoms with Crippen molar-refractivity contribution >= 4 is 28.5 Å². The number of aryl methyl sites for hydroxylation is 1. The van der Waals surface area contributed by atoms with Gasteiger partial charge < -0.3 is 9.15 Å². The molecule has 2 aromatic carbocycles. The van der Waals surface area contributed by atoms with Crippen LogP contribution in [-0.4, -0.2) is 11.0 Å². The molecule has 6 heteroatoms. The molecule has 0 fully saturated rings. The van der Waals surface area contributed by atoms with Crippen molar-refractivity contribution in [1.29, 1.82) is 0 Å². The van der Waals surface area contributed by atoms with Gasteiger partial charge >= 0.3 is 11.6 Å². The van der Waals surface area contributed by atoms with E-state index in [4.69, 9.17) is 20.8 Å². The molecule has 0 aliphatic carbocycles. The summed E-state index contributed by atoms with van der Waals surface area (Å²) in [6.45, 7) is 1.85. The first-order chi connectivity index (χ1) is 13.5. The maximum absolute atomic E-state index is 12.6. The van der Waals surface area contributed by atoms with E-state index in [-0.39, 0.29) is 5.75 Å². The molecule has 0 N–H and O–H groups in total. The van der Waals surface area contributed by atoms with Gasteiger partial charge in [-0.15, -0.1) is 0 Å². The number of aromatic nitrogens is 1. The molecule has 0 unspecified atom stereocenters. The molecule has 0 saturated carbocycles. The fourth-order valence-electron chi connectivity index (χ4n) is 3.00. The van der Waals surface area contributed by atoms with Crippen LogP contribution in [0.1, 0.15) is 15.9 Å². The number of ether oxygens (including phenoxy) is 1. The number of carbonyl (C=O) groups is 1. The van der Waals surface area contributed by atoms with Crippen molar-refractivity contribution in [3.8, 4) is 16.9 Å². The molecular weight excluding hydrogens is 378 g/mol. The summed E-state index contributed by atoms with van der Waals surface area (Å²) in [4.78, 5) is 28.6. The van der Waals surface area contributed by atoms with E-state index in [1.165, 1.54) is 18.5 Å². The third-order valence-corrected chi connectivity index (χ3v) is 4.65. The Morgan fingerprint density at radius 2 is 1.75 bits per heavy atom. The van der Waals surface area contributed by atoms with Crippen molar-refractivity contribution in [3.05, 3.63) is 93.6 Å². The quantitative estimate of drug-likeness (QED) is 0.278. The maximum Gasteiger partial charge on any atom is 0.344 e. The summed E-state index contributed by atoms with van der Waals surface area (Å²) in [6.07, 6.45) is 3.02. The van der Waals surface area contributed by atoms with Gasteiger partial charge in [0.25, 0.3) is 0 Å². The number of carbonyl (C=O) groups excluding carboxylic acids is 1. The number of rotatable bonds is 3. The number of esters is 1. The standard InChI is InChI=1S/C22H14ClNO4/c1-13-18-7-6-17(27-21(25)15-8-10-24-11-9-15)12-19(18)28-22(26)20(13)14-2-4-16(23)5-3-14/h2-12H,1H3. The van der Waals surface area contributed by atoms with Crippen molar-refractivity contribution in [2.45, 2.75) is 6.92 Å². The van der Waals surface area contributed by atoms with E-state index in [2.05, 4.69) is 4.98 Å². The highest BCUT2D eigenvalue weighted by molar-refractivity contribution is 6.30. The van der Waals surface area contributed by atoms with Gasteiger partial charge in [-0.05, 0) is 54.4 Å². The topological polar surface area (TPSA) is 69.4 Å². The van der Waals surface area contributed by atoms with Gasteiger partial charge in [-0.2, -0.15) is 0 Å². The average Bonchev–Trinajstić information content (AvgIpc) is 2.70. The lowest BCUT2D eigenvalue weighted by Gasteiger charge is -2.10. The van der Waals surface area contributed by atoms with Crippen LogP contribution in [0.4, 0.5) is 0 Å². The van der Waals surface area contributed by atoms with E-state index in [0.29, 0.717) is 21.7 Å². The van der Waals surface area contributed by atoms with Crippen LogP contribution in [0.25, 0.3) is 22.1 Å². The molecule has 5 nitrogen and oxygen atoms in total. The molecule has 0 spiro atoms. The smallest absolute Gasteiger partial charge is 0.344 e. The second-order valence-electron chi connectivity index (χ2n) is 6.18. The van der Waals surface area contributed by atoms with E-state index in [1.54, 1.807) is 48.5 Å². The third-order valence-electron chi connectivity index (χ3n) is 4.40. The van der Waals surface area contributed by atoms with E-state index in [0.717, 1.165) is 16.5 Å². The zero-order valence-corrected chi connectivity index (χ0v) is 15.6. The third kappa shape index (κ3) is 3.40. The van der Waals surface area contributed by atoms with Crippen LogP contribution in [0.15, 0.2) is 76.2 Å². The molecule has 0 atom stereocenters. The van der Waals surface area contributed by atoms with Gasteiger partial charge in [0, 0.05) is 28.9 Å². The molecule has 0 amide bonds. The summed E-state index contributed by atoms with van der Waals surface area (Å²) < 4.78 is 10.9. The van der Waals surface area contributed by atoms with E-state index in [9.17, 15) is 9.59 Å². The summed E-state index contributed by atoms with van der Waals surface area (Å²) in [6, 6.07) is 15.1. The van der Waals surface area contributed by atoms with Crippen molar-refractivity contribution in [2.75, 3.05) is 0 Å². The zero-order valence-electron chi connectivity index (χ0n) is 14.8. The van der Waals surface area contributed by atoms with Gasteiger partial charge in [-0.3, -0.25) is 4.98 Å². The number of fused-ring (bicyclic) bond motifs is 1. The van der Waals surface area contributed by atoms with E-state index in [1.807, 2.05) is 6.92 Å². The van der Waals surface area contributed by atoms with Crippen molar-refractivity contribution in [1.82, 2.24) is 4.98 Å². The molecule has 0 saturated heterocycles. The first-order valence-corrected chi connectivity index (χ1v) is 8.86. The minimum absolute atomic E-state index is 0.288. The highest BCUT2D eigenvalue weighted by Gasteiger charge is 2.15. The van der Waals surface area contributed by atoms with Crippen LogP contribution in [0.2, 0.25) is 5.02 Å². The molecule has 0 aliphatic heterocycles. The number of halogens is 1. The second kappa shape index (κ2) is 7.29. The zero-order chi connectivity index (χ0) is 19.7. The maximum atomic E-state index is 12.6. The molecule has 0 bridgehead atoms. The lowest BCUT2D eigenvalue weighted by Crippen LogP contribution is -2.09. The van der Waals surface area contributed by atoms with Crippen LogP contribution < -0.4 is 10.4 Å². The van der Waals surface area contributed by atoms with Gasteiger partial charge in [0.15, 0.2) is 0 Å². The molecule has 0 aliphatic rings. The highest BCUT2D eigenvalue weighted by atomic mass is 35.5. The molecule has 2 heterocycles. The van der Waals surface area contributed by atoms with Gasteiger partial charge in [0.1, 0.15) is 11.3 Å². The monoisotopic (exact) mass is 391 g/mol. The molecule has 138 valence electrons. The van der Waals surface area contributed by atoms with Crippen LogP contribution in [0.5, 0.6) is 5.75 Å². The Hall–Kier alpha value is -3.44. The molecule has 2 aromatic heterocycles.